The molecule has 1 fully saturated rings. The quantitative estimate of drug-likeness (QED) is 0.550. The van der Waals surface area contributed by atoms with Crippen LogP contribution in [0.5, 0.6) is 0 Å². The van der Waals surface area contributed by atoms with Crippen molar-refractivity contribution < 1.29 is 9.59 Å². The van der Waals surface area contributed by atoms with Crippen LogP contribution >= 0.6 is 36.6 Å². The van der Waals surface area contributed by atoms with Crippen molar-refractivity contribution in [1.29, 1.82) is 0 Å². The van der Waals surface area contributed by atoms with Gasteiger partial charge in [0.25, 0.3) is 0 Å². The number of aromatic nitrogens is 1. The van der Waals surface area contributed by atoms with Crippen LogP contribution in [-0.2, 0) is 17.9 Å². The van der Waals surface area contributed by atoms with Gasteiger partial charge in [0.15, 0.2) is 0 Å². The molecule has 1 aromatic carbocycles. The molecule has 1 atom stereocenters. The normalized spacial score (nSPS) is 14.9. The number of carbonyl (C=O) groups is 2. The molecule has 10 heteroatoms. The molecule has 7 nitrogen and oxygen atoms in total. The number of anilines is 1. The number of thioether (sulfide) groups is 1. The molecule has 1 aliphatic heterocycles. The Morgan fingerprint density at radius 1 is 1.07 bits per heavy atom. The maximum absolute atomic E-state index is 12.0. The van der Waals surface area contributed by atoms with E-state index < -0.39 is 0 Å². The molecule has 0 saturated carbocycles. The second-order valence-electron chi connectivity index (χ2n) is 5.85. The van der Waals surface area contributed by atoms with Crippen molar-refractivity contribution in [3.8, 4) is 0 Å². The van der Waals surface area contributed by atoms with Gasteiger partial charge in [-0.1, -0.05) is 12.1 Å². The van der Waals surface area contributed by atoms with Crippen LogP contribution in [-0.4, -0.2) is 34.6 Å². The molecule has 4 N–H and O–H groups in total. The Labute approximate surface area is 180 Å². The Kier molecular flexibility index (Phi) is 10.7. The van der Waals surface area contributed by atoms with Gasteiger partial charge in [-0.3, -0.25) is 15.1 Å². The number of halogens is 2. The van der Waals surface area contributed by atoms with Gasteiger partial charge in [0.05, 0.1) is 6.04 Å². The fraction of sp³-hybridized carbons (Fsp3) is 0.278. The molecule has 0 aliphatic carbocycles. The molecule has 2 heterocycles. The highest BCUT2D eigenvalue weighted by molar-refractivity contribution is 7.99. The lowest BCUT2D eigenvalue weighted by Gasteiger charge is -2.12. The molecule has 1 unspecified atom stereocenters. The van der Waals surface area contributed by atoms with Gasteiger partial charge < -0.3 is 16.0 Å². The van der Waals surface area contributed by atoms with Crippen LogP contribution in [0.15, 0.2) is 48.8 Å². The third kappa shape index (κ3) is 7.55. The van der Waals surface area contributed by atoms with Crippen molar-refractivity contribution in [2.45, 2.75) is 19.1 Å². The molecule has 0 spiro atoms. The molecule has 1 aromatic heterocycles. The summed E-state index contributed by atoms with van der Waals surface area (Å²) in [6.07, 6.45) is 3.37. The zero-order valence-corrected chi connectivity index (χ0v) is 17.5. The lowest BCUT2D eigenvalue weighted by atomic mass is 10.2. The fourth-order valence-corrected chi connectivity index (χ4v) is 3.44. The van der Waals surface area contributed by atoms with Crippen LogP contribution in [0.3, 0.4) is 0 Å². The van der Waals surface area contributed by atoms with E-state index in [1.54, 1.807) is 24.2 Å². The Morgan fingerprint density at radius 2 is 1.82 bits per heavy atom. The number of urea groups is 1. The minimum atomic E-state index is -0.282. The van der Waals surface area contributed by atoms with Gasteiger partial charge in [-0.15, -0.1) is 36.6 Å². The maximum Gasteiger partial charge on any atom is 0.319 e. The first-order valence-corrected chi connectivity index (χ1v) is 9.48. The molecule has 2 aromatic rings. The van der Waals surface area contributed by atoms with E-state index in [9.17, 15) is 9.59 Å². The SMILES string of the molecule is Cl.Cl.O=C(NCc1ccncc1)Nc1cccc(CNC(=O)C2CSCN2)c1. The predicted octanol–water partition coefficient (Wildman–Crippen LogP) is 2.53. The number of rotatable bonds is 6. The van der Waals surface area contributed by atoms with E-state index in [0.717, 1.165) is 22.8 Å². The van der Waals surface area contributed by atoms with Crippen LogP contribution in [0.25, 0.3) is 0 Å². The second-order valence-corrected chi connectivity index (χ2v) is 6.88. The topological polar surface area (TPSA) is 95.2 Å². The minimum absolute atomic E-state index is 0. The summed E-state index contributed by atoms with van der Waals surface area (Å²) in [7, 11) is 0. The number of hydrogen-bond donors (Lipinski definition) is 4. The van der Waals surface area contributed by atoms with Crippen molar-refractivity contribution in [3.05, 3.63) is 59.9 Å². The summed E-state index contributed by atoms with van der Waals surface area (Å²) in [6.45, 7) is 0.854. The first kappa shape index (κ1) is 24.0. The van der Waals surface area contributed by atoms with Gasteiger partial charge in [0, 0.05) is 42.8 Å². The highest BCUT2D eigenvalue weighted by Crippen LogP contribution is 2.12. The monoisotopic (exact) mass is 443 g/mol. The van der Waals surface area contributed by atoms with Crippen molar-refractivity contribution in [3.63, 3.8) is 0 Å². The van der Waals surface area contributed by atoms with Crippen LogP contribution in [0, 0.1) is 0 Å². The molecule has 152 valence electrons. The minimum Gasteiger partial charge on any atom is -0.351 e. The smallest absolute Gasteiger partial charge is 0.319 e. The molecule has 28 heavy (non-hydrogen) atoms. The van der Waals surface area contributed by atoms with Gasteiger partial charge in [-0.05, 0) is 35.4 Å². The third-order valence-corrected chi connectivity index (χ3v) is 4.83. The summed E-state index contributed by atoms with van der Waals surface area (Å²) in [5.74, 6) is 1.61. The van der Waals surface area contributed by atoms with Crippen molar-refractivity contribution in [1.82, 2.24) is 20.9 Å². The van der Waals surface area contributed by atoms with Gasteiger partial charge >= 0.3 is 6.03 Å². The number of pyridine rings is 1. The van der Waals surface area contributed by atoms with Gasteiger partial charge in [0.2, 0.25) is 5.91 Å². The zero-order chi connectivity index (χ0) is 18.2. The number of benzene rings is 1. The van der Waals surface area contributed by atoms with Crippen LogP contribution in [0.2, 0.25) is 0 Å². The first-order valence-electron chi connectivity index (χ1n) is 8.32. The molecule has 0 bridgehead atoms. The van der Waals surface area contributed by atoms with E-state index in [2.05, 4.69) is 26.3 Å². The molecule has 3 amide bonds. The Hall–Kier alpha value is -2.00. The third-order valence-electron chi connectivity index (χ3n) is 3.89. The molecule has 3 rings (SSSR count). The summed E-state index contributed by atoms with van der Waals surface area (Å²) in [6, 6.07) is 10.7. The van der Waals surface area contributed by atoms with E-state index in [-0.39, 0.29) is 42.8 Å². The lowest BCUT2D eigenvalue weighted by molar-refractivity contribution is -0.122. The van der Waals surface area contributed by atoms with Gasteiger partial charge in [0.1, 0.15) is 0 Å². The Balaban J connectivity index is 0.00000196. The van der Waals surface area contributed by atoms with Crippen LogP contribution < -0.4 is 21.3 Å². The highest BCUT2D eigenvalue weighted by atomic mass is 35.5. The van der Waals surface area contributed by atoms with Crippen LogP contribution in [0.4, 0.5) is 10.5 Å². The first-order chi connectivity index (χ1) is 12.7. The maximum atomic E-state index is 12.0. The van der Waals surface area contributed by atoms with E-state index in [1.165, 1.54) is 0 Å². The molecular weight excluding hydrogens is 421 g/mol. The number of nitrogens with one attached hydrogen (secondary N) is 4. The van der Waals surface area contributed by atoms with E-state index in [1.807, 2.05) is 36.4 Å². The van der Waals surface area contributed by atoms with Crippen molar-refractivity contribution in [2.75, 3.05) is 16.9 Å². The number of hydrogen-bond acceptors (Lipinski definition) is 5. The van der Waals surface area contributed by atoms with E-state index >= 15 is 0 Å². The average Bonchev–Trinajstić information content (AvgIpc) is 3.20. The number of nitrogens with zero attached hydrogens (tertiary/aromatic N) is 1. The molecular formula is C18H23Cl2N5O2S. The van der Waals surface area contributed by atoms with Gasteiger partial charge in [-0.25, -0.2) is 4.79 Å². The van der Waals surface area contributed by atoms with Crippen molar-refractivity contribution >= 4 is 54.2 Å². The summed E-state index contributed by atoms with van der Waals surface area (Å²) >= 11 is 1.71. The molecule has 1 saturated heterocycles. The number of carbonyl (C=O) groups excluding carboxylic acids is 2. The molecule has 0 radical (unpaired) electrons. The zero-order valence-electron chi connectivity index (χ0n) is 15.0. The summed E-state index contributed by atoms with van der Waals surface area (Å²) in [5, 5.41) is 11.7. The van der Waals surface area contributed by atoms with Crippen LogP contribution in [0.1, 0.15) is 11.1 Å². The molecule has 1 aliphatic rings. The van der Waals surface area contributed by atoms with E-state index in [4.69, 9.17) is 0 Å². The average molecular weight is 444 g/mol. The van der Waals surface area contributed by atoms with Crippen molar-refractivity contribution in [2.24, 2.45) is 0 Å². The highest BCUT2D eigenvalue weighted by Gasteiger charge is 2.21. The Bertz CT molecular complexity index is 761. The predicted molar refractivity (Wildman–Crippen MR) is 117 cm³/mol. The lowest BCUT2D eigenvalue weighted by Crippen LogP contribution is -2.41. The van der Waals surface area contributed by atoms with E-state index in [0.29, 0.717) is 18.8 Å². The summed E-state index contributed by atoms with van der Waals surface area (Å²) in [5.41, 5.74) is 2.58. The number of amides is 3. The second kappa shape index (κ2) is 12.5. The van der Waals surface area contributed by atoms with Gasteiger partial charge in [-0.2, -0.15) is 0 Å². The summed E-state index contributed by atoms with van der Waals surface area (Å²) < 4.78 is 0. The standard InChI is InChI=1S/C18H21N5O2S.2ClH/c24-17(16-11-26-12-22-16)20-10-14-2-1-3-15(8-14)23-18(25)21-9-13-4-6-19-7-5-13;;/h1-8,16,22H,9-12H2,(H,20,24)(H2,21,23,25);2*1H. The summed E-state index contributed by atoms with van der Waals surface area (Å²) in [4.78, 5) is 28.0. The Morgan fingerprint density at radius 3 is 2.54 bits per heavy atom. The largest absolute Gasteiger partial charge is 0.351 e. The fourth-order valence-electron chi connectivity index (χ4n) is 2.49.